The van der Waals surface area contributed by atoms with Crippen molar-refractivity contribution < 1.29 is 24.2 Å². The molecular weight excluding hydrogens is 310 g/mol. The van der Waals surface area contributed by atoms with Gasteiger partial charge in [-0.05, 0) is 5.56 Å². The van der Waals surface area contributed by atoms with Crippen LogP contribution in [0.3, 0.4) is 0 Å². The van der Waals surface area contributed by atoms with Crippen LogP contribution in [0.4, 0.5) is 4.79 Å². The van der Waals surface area contributed by atoms with E-state index in [1.54, 1.807) is 4.90 Å². The van der Waals surface area contributed by atoms with Crippen molar-refractivity contribution in [3.63, 3.8) is 0 Å². The van der Waals surface area contributed by atoms with Gasteiger partial charge < -0.3 is 19.5 Å². The molecular formula is C18H21NO5. The van der Waals surface area contributed by atoms with Gasteiger partial charge in [0, 0.05) is 25.0 Å². The van der Waals surface area contributed by atoms with Crippen LogP contribution in [-0.2, 0) is 20.9 Å². The normalized spacial score (nSPS) is 27.8. The molecule has 6 nitrogen and oxygen atoms in total. The highest BCUT2D eigenvalue weighted by Crippen LogP contribution is 2.40. The molecule has 1 N–H and O–H groups in total. The number of nitrogens with zero attached hydrogens (tertiary/aromatic N) is 1. The minimum absolute atomic E-state index is 0.163. The summed E-state index contributed by atoms with van der Waals surface area (Å²) in [4.78, 5) is 26.0. The zero-order valence-electron chi connectivity index (χ0n) is 13.5. The van der Waals surface area contributed by atoms with Crippen molar-refractivity contribution in [1.29, 1.82) is 0 Å². The molecule has 1 aromatic carbocycles. The molecule has 2 aliphatic heterocycles. The summed E-state index contributed by atoms with van der Waals surface area (Å²) in [5.74, 6) is -1.30. The molecule has 0 aromatic heterocycles. The summed E-state index contributed by atoms with van der Waals surface area (Å²) in [6.45, 7) is 0.403. The lowest BCUT2D eigenvalue weighted by Gasteiger charge is -2.48. The predicted octanol–water partition coefficient (Wildman–Crippen LogP) is 1.59. The van der Waals surface area contributed by atoms with Gasteiger partial charge in [0.15, 0.2) is 0 Å². The molecule has 3 aliphatic rings. The van der Waals surface area contributed by atoms with Crippen LogP contribution in [0.2, 0.25) is 0 Å². The first-order valence-corrected chi connectivity index (χ1v) is 8.00. The number of benzene rings is 1. The van der Waals surface area contributed by atoms with Gasteiger partial charge in [0.25, 0.3) is 0 Å². The number of esters is 1. The number of ether oxygens (including phenoxy) is 2. The lowest BCUT2D eigenvalue weighted by molar-refractivity contribution is -0.154. The van der Waals surface area contributed by atoms with Crippen LogP contribution in [0.1, 0.15) is 5.56 Å². The average molecular weight is 331 g/mol. The fraction of sp³-hybridized carbons (Fsp3) is 0.444. The van der Waals surface area contributed by atoms with E-state index in [-0.39, 0.29) is 37.1 Å². The molecule has 24 heavy (non-hydrogen) atoms. The first-order valence-electron chi connectivity index (χ1n) is 8.00. The van der Waals surface area contributed by atoms with E-state index in [0.717, 1.165) is 5.56 Å². The summed E-state index contributed by atoms with van der Waals surface area (Å²) < 4.78 is 10.2. The lowest BCUT2D eigenvalue weighted by atomic mass is 9.69. The van der Waals surface area contributed by atoms with Crippen molar-refractivity contribution in [2.45, 2.75) is 12.6 Å². The SMILES string of the molecule is COC(=O)[C@@H]1C2C=CC([C@H]1CO)N(C(=O)OCc1ccccc1)C2. The maximum atomic E-state index is 12.4. The molecule has 6 heteroatoms. The Labute approximate surface area is 140 Å². The van der Waals surface area contributed by atoms with Crippen molar-refractivity contribution in [1.82, 2.24) is 4.90 Å². The van der Waals surface area contributed by atoms with Crippen molar-refractivity contribution >= 4 is 12.1 Å². The molecule has 1 aliphatic carbocycles. The molecule has 0 saturated carbocycles. The Morgan fingerprint density at radius 1 is 1.25 bits per heavy atom. The average Bonchev–Trinajstić information content (AvgIpc) is 2.65. The van der Waals surface area contributed by atoms with Crippen molar-refractivity contribution in [3.8, 4) is 0 Å². The van der Waals surface area contributed by atoms with Crippen LogP contribution >= 0.6 is 0 Å². The van der Waals surface area contributed by atoms with Crippen molar-refractivity contribution in [2.24, 2.45) is 17.8 Å². The highest BCUT2D eigenvalue weighted by molar-refractivity contribution is 5.76. The molecule has 4 rings (SSSR count). The van der Waals surface area contributed by atoms with Gasteiger partial charge in [-0.1, -0.05) is 42.5 Å². The fourth-order valence-electron chi connectivity index (χ4n) is 3.61. The van der Waals surface area contributed by atoms with Crippen LogP contribution in [0, 0.1) is 17.8 Å². The number of fused-ring (bicyclic) bond motifs is 2. The smallest absolute Gasteiger partial charge is 0.410 e. The number of hydrogen-bond donors (Lipinski definition) is 1. The Morgan fingerprint density at radius 3 is 2.67 bits per heavy atom. The minimum Gasteiger partial charge on any atom is -0.469 e. The molecule has 2 unspecified atom stereocenters. The molecule has 1 saturated heterocycles. The highest BCUT2D eigenvalue weighted by Gasteiger charge is 2.50. The summed E-state index contributed by atoms with van der Waals surface area (Å²) in [6.07, 6.45) is 3.37. The van der Waals surface area contributed by atoms with E-state index in [1.807, 2.05) is 42.5 Å². The monoisotopic (exact) mass is 331 g/mol. The number of amides is 1. The Hall–Kier alpha value is -2.34. The molecule has 2 bridgehead atoms. The van der Waals surface area contributed by atoms with Gasteiger partial charge in [-0.15, -0.1) is 0 Å². The van der Waals surface area contributed by atoms with Crippen LogP contribution in [0.15, 0.2) is 42.5 Å². The van der Waals surface area contributed by atoms with E-state index < -0.39 is 12.0 Å². The number of hydrogen-bond acceptors (Lipinski definition) is 5. The number of aliphatic hydroxyl groups is 1. The van der Waals surface area contributed by atoms with Crippen molar-refractivity contribution in [2.75, 3.05) is 20.3 Å². The molecule has 4 atom stereocenters. The van der Waals surface area contributed by atoms with Crippen LogP contribution in [-0.4, -0.2) is 48.4 Å². The third-order valence-electron chi connectivity index (χ3n) is 4.81. The Bertz CT molecular complexity index is 630. The third-order valence-corrected chi connectivity index (χ3v) is 4.81. The second kappa shape index (κ2) is 7.05. The van der Waals surface area contributed by atoms with E-state index in [4.69, 9.17) is 9.47 Å². The van der Waals surface area contributed by atoms with Crippen LogP contribution in [0.5, 0.6) is 0 Å². The topological polar surface area (TPSA) is 76.1 Å². The zero-order valence-corrected chi connectivity index (χ0v) is 13.5. The van der Waals surface area contributed by atoms with Crippen LogP contribution < -0.4 is 0 Å². The molecule has 0 spiro atoms. The van der Waals surface area contributed by atoms with Gasteiger partial charge in [-0.25, -0.2) is 4.79 Å². The van der Waals surface area contributed by atoms with E-state index >= 15 is 0 Å². The van der Waals surface area contributed by atoms with Gasteiger partial charge in [0.1, 0.15) is 6.61 Å². The predicted molar refractivity (Wildman–Crippen MR) is 85.8 cm³/mol. The lowest BCUT2D eigenvalue weighted by Crippen LogP contribution is -2.59. The molecule has 1 amide bonds. The van der Waals surface area contributed by atoms with Crippen LogP contribution in [0.25, 0.3) is 0 Å². The minimum atomic E-state index is -0.431. The summed E-state index contributed by atoms with van der Waals surface area (Å²) in [6, 6.07) is 9.10. The number of rotatable bonds is 4. The maximum absolute atomic E-state index is 12.4. The van der Waals surface area contributed by atoms with E-state index in [0.29, 0.717) is 6.54 Å². The summed E-state index contributed by atoms with van der Waals surface area (Å²) in [5.41, 5.74) is 0.912. The van der Waals surface area contributed by atoms with Gasteiger partial charge in [-0.2, -0.15) is 0 Å². The standard InChI is InChI=1S/C18H21NO5/c1-23-17(21)16-13-7-8-15(14(16)10-20)19(9-13)18(22)24-11-12-5-3-2-4-6-12/h2-8,13-16,20H,9-11H2,1H3/t13?,14-,15?,16-/m1/s1. The first kappa shape index (κ1) is 16.5. The first-order chi connectivity index (χ1) is 11.7. The van der Waals surface area contributed by atoms with Gasteiger partial charge in [0.2, 0.25) is 0 Å². The molecule has 2 heterocycles. The summed E-state index contributed by atoms with van der Waals surface area (Å²) >= 11 is 0. The van der Waals surface area contributed by atoms with Crippen molar-refractivity contribution in [3.05, 3.63) is 48.0 Å². The second-order valence-corrected chi connectivity index (χ2v) is 6.13. The number of piperidine rings is 1. The zero-order chi connectivity index (χ0) is 17.1. The fourth-order valence-corrected chi connectivity index (χ4v) is 3.61. The highest BCUT2D eigenvalue weighted by atomic mass is 16.6. The maximum Gasteiger partial charge on any atom is 0.410 e. The van der Waals surface area contributed by atoms with E-state index in [2.05, 4.69) is 0 Å². The van der Waals surface area contributed by atoms with Gasteiger partial charge in [-0.3, -0.25) is 4.79 Å². The molecule has 128 valence electrons. The second-order valence-electron chi connectivity index (χ2n) is 6.13. The number of carbonyl (C=O) groups excluding carboxylic acids is 2. The number of aliphatic hydroxyl groups excluding tert-OH is 1. The van der Waals surface area contributed by atoms with E-state index in [9.17, 15) is 14.7 Å². The molecule has 1 fully saturated rings. The summed E-state index contributed by atoms with van der Waals surface area (Å²) in [7, 11) is 1.34. The largest absolute Gasteiger partial charge is 0.469 e. The molecule has 0 radical (unpaired) electrons. The molecule has 1 aromatic rings. The van der Waals surface area contributed by atoms with Gasteiger partial charge >= 0.3 is 12.1 Å². The third kappa shape index (κ3) is 3.01. The number of carbonyl (C=O) groups is 2. The number of methoxy groups -OCH3 is 1. The Kier molecular flexibility index (Phi) is 4.85. The Balaban J connectivity index is 1.69. The Morgan fingerprint density at radius 2 is 2.00 bits per heavy atom. The quantitative estimate of drug-likeness (QED) is 0.670. The van der Waals surface area contributed by atoms with Gasteiger partial charge in [0.05, 0.1) is 19.1 Å². The summed E-state index contributed by atoms with van der Waals surface area (Å²) in [5, 5.41) is 9.71. The van der Waals surface area contributed by atoms with E-state index in [1.165, 1.54) is 7.11 Å².